The van der Waals surface area contributed by atoms with E-state index in [4.69, 9.17) is 21.2 Å². The topological polar surface area (TPSA) is 126 Å². The second kappa shape index (κ2) is 11.8. The predicted molar refractivity (Wildman–Crippen MR) is 148 cm³/mol. The van der Waals surface area contributed by atoms with E-state index < -0.39 is 12.1 Å². The van der Waals surface area contributed by atoms with Gasteiger partial charge in [-0.25, -0.2) is 4.99 Å². The molecule has 204 valence electrons. The number of hydrogen-bond donors (Lipinski definition) is 3. The number of amides is 2. The average molecular weight is 539 g/mol. The first-order valence-corrected chi connectivity index (χ1v) is 14.4. The summed E-state index contributed by atoms with van der Waals surface area (Å²) in [4.78, 5) is 36.7. The second-order valence-electron chi connectivity index (χ2n) is 10.6. The summed E-state index contributed by atoms with van der Waals surface area (Å²) in [6, 6.07) is 13.3. The van der Waals surface area contributed by atoms with Crippen LogP contribution in [0.5, 0.6) is 0 Å². The molecule has 1 saturated heterocycles. The molecule has 1 aromatic heterocycles. The molecule has 2 unspecified atom stereocenters. The Hall–Kier alpha value is -2.95. The first-order valence-electron chi connectivity index (χ1n) is 13.6. The van der Waals surface area contributed by atoms with Crippen molar-refractivity contribution in [1.82, 2.24) is 15.1 Å². The highest BCUT2D eigenvalue weighted by molar-refractivity contribution is 7.09. The molecule has 38 heavy (non-hydrogen) atoms. The van der Waals surface area contributed by atoms with E-state index in [1.807, 2.05) is 59.7 Å². The van der Waals surface area contributed by atoms with Crippen LogP contribution < -0.4 is 16.8 Å². The van der Waals surface area contributed by atoms with Gasteiger partial charge in [-0.1, -0.05) is 36.4 Å². The molecule has 1 aliphatic carbocycles. The van der Waals surface area contributed by atoms with Crippen LogP contribution in [-0.4, -0.2) is 71.4 Å². The van der Waals surface area contributed by atoms with E-state index in [9.17, 15) is 9.59 Å². The Balaban J connectivity index is 1.30. The van der Waals surface area contributed by atoms with Crippen LogP contribution >= 0.6 is 11.3 Å². The highest BCUT2D eigenvalue weighted by atomic mass is 32.1. The third kappa shape index (κ3) is 5.87. The Morgan fingerprint density at radius 2 is 1.89 bits per heavy atom. The van der Waals surface area contributed by atoms with E-state index in [1.165, 1.54) is 0 Å². The smallest absolute Gasteiger partial charge is 0.288 e. The van der Waals surface area contributed by atoms with Gasteiger partial charge in [0.15, 0.2) is 0 Å². The largest absolute Gasteiger partial charge is 0.455 e. The first-order chi connectivity index (χ1) is 18.4. The summed E-state index contributed by atoms with van der Waals surface area (Å²) in [7, 11) is 0. The summed E-state index contributed by atoms with van der Waals surface area (Å²) in [5.41, 5.74) is 13.6. The Morgan fingerprint density at radius 1 is 1.13 bits per heavy atom. The van der Waals surface area contributed by atoms with Crippen LogP contribution in [0.1, 0.15) is 49.2 Å². The lowest BCUT2D eigenvalue weighted by Gasteiger charge is -2.42. The van der Waals surface area contributed by atoms with Crippen molar-refractivity contribution in [1.29, 1.82) is 0 Å². The quantitative estimate of drug-likeness (QED) is 0.518. The maximum absolute atomic E-state index is 13.7. The number of ether oxygens (including phenoxy) is 1. The molecule has 2 aliphatic heterocycles. The van der Waals surface area contributed by atoms with Gasteiger partial charge < -0.3 is 31.3 Å². The number of piperazine rings is 1. The third-order valence-corrected chi connectivity index (χ3v) is 8.85. The minimum absolute atomic E-state index is 0.0516. The number of nitrogens with two attached hydrogens (primary N) is 2. The van der Waals surface area contributed by atoms with Gasteiger partial charge in [0.25, 0.3) is 6.02 Å². The van der Waals surface area contributed by atoms with Crippen molar-refractivity contribution in [3.05, 3.63) is 58.3 Å². The Bertz CT molecular complexity index is 1120. The number of thiophene rings is 1. The van der Waals surface area contributed by atoms with Crippen LogP contribution in [0.2, 0.25) is 0 Å². The highest BCUT2D eigenvalue weighted by Crippen LogP contribution is 2.31. The lowest BCUT2D eigenvalue weighted by Crippen LogP contribution is -2.64. The van der Waals surface area contributed by atoms with E-state index >= 15 is 0 Å². The first kappa shape index (κ1) is 26.6. The van der Waals surface area contributed by atoms with Crippen molar-refractivity contribution in [2.75, 3.05) is 19.6 Å². The van der Waals surface area contributed by atoms with Crippen LogP contribution in [0.3, 0.4) is 0 Å². The van der Waals surface area contributed by atoms with Crippen molar-refractivity contribution >= 4 is 29.2 Å². The summed E-state index contributed by atoms with van der Waals surface area (Å²) < 4.78 is 6.30. The maximum atomic E-state index is 13.7. The lowest BCUT2D eigenvalue weighted by atomic mass is 9.81. The van der Waals surface area contributed by atoms with Gasteiger partial charge >= 0.3 is 0 Å². The van der Waals surface area contributed by atoms with E-state index in [0.717, 1.165) is 36.1 Å². The highest BCUT2D eigenvalue weighted by Gasteiger charge is 2.42. The molecule has 2 amide bonds. The SMILES string of the molecule is C[C@@H]1N=C(N2CCN(C(=O)C(N)C3CCC(N)CC3)C(C(=O)NCc3cccs3)C2)O[C@H]1c1ccccc1. The van der Waals surface area contributed by atoms with E-state index in [1.54, 1.807) is 16.2 Å². The van der Waals surface area contributed by atoms with Crippen molar-refractivity contribution in [2.45, 2.75) is 69.4 Å². The van der Waals surface area contributed by atoms with Gasteiger partial charge in [0.2, 0.25) is 11.8 Å². The van der Waals surface area contributed by atoms with Gasteiger partial charge in [-0.3, -0.25) is 9.59 Å². The maximum Gasteiger partial charge on any atom is 0.288 e. The molecule has 2 fully saturated rings. The van der Waals surface area contributed by atoms with Crippen molar-refractivity contribution in [3.8, 4) is 0 Å². The molecular weight excluding hydrogens is 500 g/mol. The fourth-order valence-corrected chi connectivity index (χ4v) is 6.32. The molecule has 4 atom stereocenters. The van der Waals surface area contributed by atoms with Gasteiger partial charge in [-0.2, -0.15) is 0 Å². The summed E-state index contributed by atoms with van der Waals surface area (Å²) in [5, 5.41) is 5.01. The van der Waals surface area contributed by atoms with E-state index in [0.29, 0.717) is 32.2 Å². The Labute approximate surface area is 228 Å². The fourth-order valence-electron chi connectivity index (χ4n) is 5.68. The number of hydrogen-bond acceptors (Lipinski definition) is 8. The van der Waals surface area contributed by atoms with Crippen LogP contribution in [0.15, 0.2) is 52.8 Å². The third-order valence-electron chi connectivity index (χ3n) is 7.98. The van der Waals surface area contributed by atoms with Crippen molar-refractivity contribution < 1.29 is 14.3 Å². The molecule has 0 bridgehead atoms. The number of nitrogens with one attached hydrogen (secondary N) is 1. The van der Waals surface area contributed by atoms with Gasteiger partial charge in [-0.15, -0.1) is 11.3 Å². The fraction of sp³-hybridized carbons (Fsp3) is 0.536. The monoisotopic (exact) mass is 538 g/mol. The van der Waals surface area contributed by atoms with E-state index in [-0.39, 0.29) is 35.9 Å². The molecule has 1 aromatic carbocycles. The minimum Gasteiger partial charge on any atom is -0.455 e. The number of rotatable bonds is 6. The number of nitrogens with zero attached hydrogens (tertiary/aromatic N) is 3. The van der Waals surface area contributed by atoms with Gasteiger partial charge in [-0.05, 0) is 55.5 Å². The lowest BCUT2D eigenvalue weighted by molar-refractivity contribution is -0.145. The van der Waals surface area contributed by atoms with E-state index in [2.05, 4.69) is 5.32 Å². The summed E-state index contributed by atoms with van der Waals surface area (Å²) >= 11 is 1.59. The Kier molecular flexibility index (Phi) is 8.30. The molecule has 3 heterocycles. The number of benzene rings is 1. The molecule has 1 saturated carbocycles. The molecular formula is C28H38N6O3S. The molecule has 5 N–H and O–H groups in total. The molecule has 9 nitrogen and oxygen atoms in total. The molecule has 10 heteroatoms. The summed E-state index contributed by atoms with van der Waals surface area (Å²) in [6.45, 7) is 3.66. The van der Waals surface area contributed by atoms with Crippen LogP contribution in [0.4, 0.5) is 0 Å². The Morgan fingerprint density at radius 3 is 2.61 bits per heavy atom. The molecule has 2 aromatic rings. The second-order valence-corrected chi connectivity index (χ2v) is 11.6. The number of carbonyl (C=O) groups is 2. The minimum atomic E-state index is -0.689. The molecule has 5 rings (SSSR count). The van der Waals surface area contributed by atoms with Crippen LogP contribution in [0, 0.1) is 5.92 Å². The van der Waals surface area contributed by atoms with Gasteiger partial charge in [0, 0.05) is 24.0 Å². The van der Waals surface area contributed by atoms with Crippen molar-refractivity contribution in [3.63, 3.8) is 0 Å². The predicted octanol–water partition coefficient (Wildman–Crippen LogP) is 2.24. The zero-order valence-corrected chi connectivity index (χ0v) is 22.7. The number of carbonyl (C=O) groups excluding carboxylic acids is 2. The molecule has 3 aliphatic rings. The number of aliphatic imine (C=N–C) groups is 1. The van der Waals surface area contributed by atoms with Crippen LogP contribution in [0.25, 0.3) is 0 Å². The number of amidine groups is 1. The zero-order valence-electron chi connectivity index (χ0n) is 21.9. The standard InChI is InChI=1S/C28H38N6O3S/c1-18-25(20-6-3-2-4-7-20)37-28(32-18)33-13-14-34(27(36)24(30)19-9-11-21(29)12-10-19)23(17-33)26(35)31-16-22-8-5-15-38-22/h2-8,15,18-19,21,23-25H,9-14,16-17,29-30H2,1H3,(H,31,35)/t18-,19?,21?,23?,24?,25+/m0/s1. The normalized spacial score (nSPS) is 28.4. The van der Waals surface area contributed by atoms with Gasteiger partial charge in [0.1, 0.15) is 12.1 Å². The molecule has 0 radical (unpaired) electrons. The van der Waals surface area contributed by atoms with Crippen LogP contribution in [-0.2, 0) is 20.9 Å². The summed E-state index contributed by atoms with van der Waals surface area (Å²) in [6.07, 6.45) is 3.26. The van der Waals surface area contributed by atoms with Gasteiger partial charge in [0.05, 0.1) is 25.2 Å². The zero-order chi connectivity index (χ0) is 26.6. The molecule has 0 spiro atoms. The van der Waals surface area contributed by atoms with Crippen molar-refractivity contribution in [2.24, 2.45) is 22.4 Å². The average Bonchev–Trinajstić information content (AvgIpc) is 3.61. The summed E-state index contributed by atoms with van der Waals surface area (Å²) in [5.74, 6) is -0.267.